The lowest BCUT2D eigenvalue weighted by Crippen LogP contribution is -2.31. The van der Waals surface area contributed by atoms with E-state index in [0.717, 1.165) is 16.5 Å². The van der Waals surface area contributed by atoms with Crippen molar-refractivity contribution in [1.82, 2.24) is 19.7 Å². The molecule has 130 valence electrons. The minimum absolute atomic E-state index is 0.199. The van der Waals surface area contributed by atoms with Crippen LogP contribution >= 0.6 is 0 Å². The summed E-state index contributed by atoms with van der Waals surface area (Å²) in [5.41, 5.74) is 2.56. The largest absolute Gasteiger partial charge is 0.481 e. The molecule has 0 aliphatic heterocycles. The molecule has 0 atom stereocenters. The number of benzene rings is 1. The molecule has 0 bridgehead atoms. The van der Waals surface area contributed by atoms with E-state index in [1.54, 1.807) is 15.8 Å². The molecule has 2 aromatic heterocycles. The first-order valence-electron chi connectivity index (χ1n) is 8.07. The number of fused-ring (bicyclic) bond motifs is 1. The SMILES string of the molecule is CCN(Cc1cnn(C)c1)C(=O)c1[nH]c2ccccc2c1CC(=O)O. The highest BCUT2D eigenvalue weighted by Gasteiger charge is 2.23. The number of nitrogens with zero attached hydrogens (tertiary/aromatic N) is 3. The molecular formula is C18H20N4O3. The number of hydrogen-bond donors (Lipinski definition) is 2. The Morgan fingerprint density at radius 3 is 2.72 bits per heavy atom. The Hall–Kier alpha value is -3.09. The molecular weight excluding hydrogens is 320 g/mol. The first-order valence-corrected chi connectivity index (χ1v) is 8.07. The van der Waals surface area contributed by atoms with E-state index < -0.39 is 5.97 Å². The molecule has 0 saturated carbocycles. The van der Waals surface area contributed by atoms with Gasteiger partial charge in [-0.05, 0) is 13.0 Å². The lowest BCUT2D eigenvalue weighted by Gasteiger charge is -2.20. The summed E-state index contributed by atoms with van der Waals surface area (Å²) in [6.45, 7) is 2.83. The van der Waals surface area contributed by atoms with Gasteiger partial charge in [-0.3, -0.25) is 14.3 Å². The van der Waals surface area contributed by atoms with Crippen molar-refractivity contribution in [1.29, 1.82) is 0 Å². The zero-order valence-corrected chi connectivity index (χ0v) is 14.2. The van der Waals surface area contributed by atoms with E-state index in [0.29, 0.717) is 24.3 Å². The zero-order chi connectivity index (χ0) is 18.0. The number of H-pyrrole nitrogens is 1. The molecule has 0 aliphatic carbocycles. The predicted octanol–water partition coefficient (Wildman–Crippen LogP) is 2.19. The van der Waals surface area contributed by atoms with Crippen molar-refractivity contribution in [3.63, 3.8) is 0 Å². The van der Waals surface area contributed by atoms with Crippen LogP contribution in [0.15, 0.2) is 36.7 Å². The molecule has 0 spiro atoms. The number of nitrogens with one attached hydrogen (secondary N) is 1. The summed E-state index contributed by atoms with van der Waals surface area (Å²) in [6, 6.07) is 7.36. The Morgan fingerprint density at radius 2 is 2.08 bits per heavy atom. The zero-order valence-electron chi connectivity index (χ0n) is 14.2. The second-order valence-corrected chi connectivity index (χ2v) is 5.94. The van der Waals surface area contributed by atoms with Gasteiger partial charge >= 0.3 is 5.97 Å². The maximum Gasteiger partial charge on any atom is 0.307 e. The number of carbonyl (C=O) groups excluding carboxylic acids is 1. The quantitative estimate of drug-likeness (QED) is 0.719. The Morgan fingerprint density at radius 1 is 1.32 bits per heavy atom. The maximum atomic E-state index is 13.0. The minimum atomic E-state index is -0.964. The number of aliphatic carboxylic acids is 1. The van der Waals surface area contributed by atoms with Gasteiger partial charge in [-0.25, -0.2) is 0 Å². The second-order valence-electron chi connectivity index (χ2n) is 5.94. The third-order valence-corrected chi connectivity index (χ3v) is 4.16. The van der Waals surface area contributed by atoms with E-state index in [2.05, 4.69) is 10.1 Å². The van der Waals surface area contributed by atoms with Crippen molar-refractivity contribution in [2.45, 2.75) is 19.9 Å². The standard InChI is InChI=1S/C18H20N4O3/c1-3-22(11-12-9-19-21(2)10-12)18(25)17-14(8-16(23)24)13-6-4-5-7-15(13)20-17/h4-7,9-10,20H,3,8,11H2,1-2H3,(H,23,24). The van der Waals surface area contributed by atoms with Crippen LogP contribution in [0.1, 0.15) is 28.5 Å². The Kier molecular flexibility index (Phi) is 4.56. The minimum Gasteiger partial charge on any atom is -0.481 e. The number of carboxylic acid groups (broad SMARTS) is 1. The lowest BCUT2D eigenvalue weighted by molar-refractivity contribution is -0.136. The summed E-state index contributed by atoms with van der Waals surface area (Å²) in [7, 11) is 1.82. The molecule has 3 rings (SSSR count). The van der Waals surface area contributed by atoms with Crippen LogP contribution in [-0.2, 0) is 24.8 Å². The molecule has 0 saturated heterocycles. The fraction of sp³-hybridized carbons (Fsp3) is 0.278. The van der Waals surface area contributed by atoms with Crippen molar-refractivity contribution in [2.24, 2.45) is 7.05 Å². The van der Waals surface area contributed by atoms with Gasteiger partial charge < -0.3 is 15.0 Å². The molecule has 1 aromatic carbocycles. The van der Waals surface area contributed by atoms with Crippen LogP contribution in [0.25, 0.3) is 10.9 Å². The third-order valence-electron chi connectivity index (χ3n) is 4.16. The molecule has 0 fully saturated rings. The first kappa shape index (κ1) is 16.8. The number of carbonyl (C=O) groups is 2. The molecule has 0 aliphatic rings. The highest BCUT2D eigenvalue weighted by atomic mass is 16.4. The molecule has 0 unspecified atom stereocenters. The van der Waals surface area contributed by atoms with Gasteiger partial charge in [0.25, 0.3) is 5.91 Å². The van der Waals surface area contributed by atoms with Crippen LogP contribution in [0.3, 0.4) is 0 Å². The summed E-state index contributed by atoms with van der Waals surface area (Å²) >= 11 is 0. The fourth-order valence-electron chi connectivity index (χ4n) is 2.98. The number of para-hydroxylation sites is 1. The van der Waals surface area contributed by atoms with Gasteiger partial charge in [0.05, 0.1) is 12.6 Å². The fourth-order valence-corrected chi connectivity index (χ4v) is 2.98. The summed E-state index contributed by atoms with van der Waals surface area (Å²) in [5.74, 6) is -1.17. The number of carboxylic acids is 1. The molecule has 3 aromatic rings. The van der Waals surface area contributed by atoms with Crippen molar-refractivity contribution in [3.05, 3.63) is 53.5 Å². The van der Waals surface area contributed by atoms with Crippen LogP contribution in [0.4, 0.5) is 0 Å². The van der Waals surface area contributed by atoms with Crippen molar-refractivity contribution in [3.8, 4) is 0 Å². The topological polar surface area (TPSA) is 91.2 Å². The average Bonchev–Trinajstić information content (AvgIpc) is 3.15. The molecule has 7 nitrogen and oxygen atoms in total. The Balaban J connectivity index is 1.98. The highest BCUT2D eigenvalue weighted by Crippen LogP contribution is 2.24. The van der Waals surface area contributed by atoms with Crippen molar-refractivity contribution in [2.75, 3.05) is 6.54 Å². The van der Waals surface area contributed by atoms with E-state index >= 15 is 0 Å². The van der Waals surface area contributed by atoms with Gasteiger partial charge in [-0.1, -0.05) is 18.2 Å². The highest BCUT2D eigenvalue weighted by molar-refractivity contribution is 6.02. The summed E-state index contributed by atoms with van der Waals surface area (Å²) in [4.78, 5) is 29.1. The van der Waals surface area contributed by atoms with Gasteiger partial charge in [-0.2, -0.15) is 5.10 Å². The van der Waals surface area contributed by atoms with Gasteiger partial charge in [0.15, 0.2) is 0 Å². The smallest absolute Gasteiger partial charge is 0.307 e. The van der Waals surface area contributed by atoms with Crippen LogP contribution in [0, 0.1) is 0 Å². The summed E-state index contributed by atoms with van der Waals surface area (Å²) < 4.78 is 1.69. The van der Waals surface area contributed by atoms with Crippen LogP contribution in [0.5, 0.6) is 0 Å². The number of amides is 1. The van der Waals surface area contributed by atoms with Crippen LogP contribution in [0.2, 0.25) is 0 Å². The van der Waals surface area contributed by atoms with Gasteiger partial charge in [0.1, 0.15) is 5.69 Å². The van der Waals surface area contributed by atoms with E-state index in [-0.39, 0.29) is 12.3 Å². The number of rotatable bonds is 6. The normalized spacial score (nSPS) is 11.0. The summed E-state index contributed by atoms with van der Waals surface area (Å²) in [6.07, 6.45) is 3.38. The number of aromatic nitrogens is 3. The van der Waals surface area contributed by atoms with E-state index in [1.165, 1.54) is 0 Å². The molecule has 0 radical (unpaired) electrons. The maximum absolute atomic E-state index is 13.0. The molecule has 2 heterocycles. The number of hydrogen-bond acceptors (Lipinski definition) is 3. The van der Waals surface area contributed by atoms with E-state index in [4.69, 9.17) is 0 Å². The molecule has 7 heteroatoms. The van der Waals surface area contributed by atoms with Crippen LogP contribution < -0.4 is 0 Å². The Bertz CT molecular complexity index is 925. The van der Waals surface area contributed by atoms with Crippen molar-refractivity contribution < 1.29 is 14.7 Å². The van der Waals surface area contributed by atoms with Gasteiger partial charge in [-0.15, -0.1) is 0 Å². The predicted molar refractivity (Wildman–Crippen MR) is 93.3 cm³/mol. The van der Waals surface area contributed by atoms with E-state index in [1.807, 2.05) is 44.4 Å². The van der Waals surface area contributed by atoms with Gasteiger partial charge in [0.2, 0.25) is 0 Å². The lowest BCUT2D eigenvalue weighted by atomic mass is 10.1. The number of aryl methyl sites for hydroxylation is 1. The molecule has 1 amide bonds. The first-order chi connectivity index (χ1) is 12.0. The van der Waals surface area contributed by atoms with Crippen LogP contribution in [-0.4, -0.2) is 43.2 Å². The average molecular weight is 340 g/mol. The monoisotopic (exact) mass is 340 g/mol. The third kappa shape index (κ3) is 3.40. The molecule has 25 heavy (non-hydrogen) atoms. The Labute approximate surface area is 144 Å². The summed E-state index contributed by atoms with van der Waals surface area (Å²) in [5, 5.41) is 14.1. The molecule has 2 N–H and O–H groups in total. The number of aromatic amines is 1. The second kappa shape index (κ2) is 6.80. The van der Waals surface area contributed by atoms with E-state index in [9.17, 15) is 14.7 Å². The van der Waals surface area contributed by atoms with Gasteiger partial charge in [0, 0.05) is 48.4 Å². The van der Waals surface area contributed by atoms with Crippen molar-refractivity contribution >= 4 is 22.8 Å².